The smallest absolute Gasteiger partial charge is 0.308 e. The molecule has 0 amide bonds. The first-order valence-electron chi connectivity index (χ1n) is 6.37. The van der Waals surface area contributed by atoms with Crippen molar-refractivity contribution in [2.24, 2.45) is 5.92 Å². The van der Waals surface area contributed by atoms with Crippen molar-refractivity contribution in [2.75, 3.05) is 11.9 Å². The molecule has 0 aliphatic carbocycles. The minimum atomic E-state index is -3.46. The molecule has 1 aromatic carbocycles. The lowest BCUT2D eigenvalue weighted by Crippen LogP contribution is -2.29. The van der Waals surface area contributed by atoms with E-state index in [1.54, 1.807) is 32.9 Å². The lowest BCUT2D eigenvalue weighted by atomic mass is 10.0. The Kier molecular flexibility index (Phi) is 5.52. The molecule has 6 nitrogen and oxygen atoms in total. The second-order valence-electron chi connectivity index (χ2n) is 4.59. The molecule has 2 atom stereocenters. The molecule has 0 bridgehead atoms. The van der Waals surface area contributed by atoms with E-state index < -0.39 is 21.9 Å². The van der Waals surface area contributed by atoms with Gasteiger partial charge in [0.25, 0.3) is 0 Å². The summed E-state index contributed by atoms with van der Waals surface area (Å²) in [5.41, 5.74) is 0.682. The molecule has 7 heteroatoms. The Morgan fingerprint density at radius 2 is 1.80 bits per heavy atom. The summed E-state index contributed by atoms with van der Waals surface area (Å²) in [6, 6.07) is 5.95. The van der Waals surface area contributed by atoms with Crippen molar-refractivity contribution in [3.05, 3.63) is 24.3 Å². The largest absolute Gasteiger partial charge is 0.481 e. The average Bonchev–Trinajstić information content (AvgIpc) is 2.38. The summed E-state index contributed by atoms with van der Waals surface area (Å²) in [5.74, 6) is -1.42. The quantitative estimate of drug-likeness (QED) is 0.709. The second kappa shape index (κ2) is 6.71. The van der Waals surface area contributed by atoms with E-state index in [1.165, 1.54) is 12.1 Å². The zero-order chi connectivity index (χ0) is 15.3. The lowest BCUT2D eigenvalue weighted by Gasteiger charge is -2.19. The van der Waals surface area contributed by atoms with Gasteiger partial charge in [-0.05, 0) is 38.1 Å². The minimum absolute atomic E-state index is 0.184. The normalized spacial score (nSPS) is 14.6. The number of carboxylic acids is 1. The molecule has 2 unspecified atom stereocenters. The van der Waals surface area contributed by atoms with Crippen molar-refractivity contribution in [1.29, 1.82) is 0 Å². The summed E-state index contributed by atoms with van der Waals surface area (Å²) in [4.78, 5) is 11.0. The van der Waals surface area contributed by atoms with E-state index in [9.17, 15) is 13.2 Å². The van der Waals surface area contributed by atoms with Crippen LogP contribution in [-0.4, -0.2) is 32.1 Å². The van der Waals surface area contributed by atoms with Crippen molar-refractivity contribution in [1.82, 2.24) is 4.72 Å². The van der Waals surface area contributed by atoms with Crippen LogP contribution in [0, 0.1) is 5.92 Å². The molecule has 0 saturated heterocycles. The average molecular weight is 300 g/mol. The summed E-state index contributed by atoms with van der Waals surface area (Å²) in [6.07, 6.45) is 0. The number of hydrogen-bond donors (Lipinski definition) is 3. The van der Waals surface area contributed by atoms with Crippen molar-refractivity contribution in [2.45, 2.75) is 31.7 Å². The van der Waals surface area contributed by atoms with Crippen LogP contribution in [0.4, 0.5) is 5.69 Å². The number of nitrogens with one attached hydrogen (secondary N) is 2. The van der Waals surface area contributed by atoms with Crippen LogP contribution in [0.25, 0.3) is 0 Å². The van der Waals surface area contributed by atoms with E-state index in [4.69, 9.17) is 5.11 Å². The van der Waals surface area contributed by atoms with Crippen LogP contribution in [0.5, 0.6) is 0 Å². The highest BCUT2D eigenvalue weighted by atomic mass is 32.2. The number of anilines is 1. The van der Waals surface area contributed by atoms with Gasteiger partial charge < -0.3 is 10.4 Å². The third-order valence-electron chi connectivity index (χ3n) is 3.03. The van der Waals surface area contributed by atoms with Gasteiger partial charge in [-0.25, -0.2) is 13.1 Å². The Morgan fingerprint density at radius 1 is 1.25 bits per heavy atom. The van der Waals surface area contributed by atoms with E-state index in [-0.39, 0.29) is 10.9 Å². The standard InChI is InChI=1S/C13H20N2O4S/c1-4-14-20(18,19)12-7-5-11(6-8-12)15-10(3)9(2)13(16)17/h5-10,14-15H,4H2,1-3H3,(H,16,17). The molecule has 0 aliphatic rings. The number of benzene rings is 1. The topological polar surface area (TPSA) is 95.5 Å². The van der Waals surface area contributed by atoms with Crippen LogP contribution < -0.4 is 10.0 Å². The zero-order valence-corrected chi connectivity index (χ0v) is 12.6. The third-order valence-corrected chi connectivity index (χ3v) is 4.59. The van der Waals surface area contributed by atoms with Crippen molar-refractivity contribution < 1.29 is 18.3 Å². The van der Waals surface area contributed by atoms with Gasteiger partial charge >= 0.3 is 5.97 Å². The maximum Gasteiger partial charge on any atom is 0.308 e. The van der Waals surface area contributed by atoms with Crippen LogP contribution in [-0.2, 0) is 14.8 Å². The van der Waals surface area contributed by atoms with E-state index in [1.807, 2.05) is 0 Å². The van der Waals surface area contributed by atoms with E-state index in [2.05, 4.69) is 10.0 Å². The van der Waals surface area contributed by atoms with E-state index >= 15 is 0 Å². The number of hydrogen-bond acceptors (Lipinski definition) is 4. The van der Waals surface area contributed by atoms with Crippen molar-refractivity contribution >= 4 is 21.7 Å². The van der Waals surface area contributed by atoms with Gasteiger partial charge in [0.1, 0.15) is 0 Å². The van der Waals surface area contributed by atoms with Gasteiger partial charge in [0.15, 0.2) is 0 Å². The number of rotatable bonds is 7. The zero-order valence-electron chi connectivity index (χ0n) is 11.8. The molecule has 0 heterocycles. The summed E-state index contributed by atoms with van der Waals surface area (Å²) >= 11 is 0. The van der Waals surface area contributed by atoms with Gasteiger partial charge in [-0.15, -0.1) is 0 Å². The molecular weight excluding hydrogens is 280 g/mol. The van der Waals surface area contributed by atoms with Crippen LogP contribution in [0.3, 0.4) is 0 Å². The highest BCUT2D eigenvalue weighted by molar-refractivity contribution is 7.89. The molecule has 20 heavy (non-hydrogen) atoms. The molecule has 0 saturated carbocycles. The SMILES string of the molecule is CCNS(=O)(=O)c1ccc(NC(C)C(C)C(=O)O)cc1. The molecule has 1 aromatic rings. The molecule has 3 N–H and O–H groups in total. The summed E-state index contributed by atoms with van der Waals surface area (Å²) < 4.78 is 25.9. The number of sulfonamides is 1. The molecule has 0 fully saturated rings. The van der Waals surface area contributed by atoms with Crippen LogP contribution in [0.1, 0.15) is 20.8 Å². The maximum absolute atomic E-state index is 11.8. The van der Waals surface area contributed by atoms with E-state index in [0.29, 0.717) is 12.2 Å². The van der Waals surface area contributed by atoms with Gasteiger partial charge in [-0.1, -0.05) is 6.92 Å². The first kappa shape index (κ1) is 16.5. The fourth-order valence-electron chi connectivity index (χ4n) is 1.61. The Labute approximate surface area is 119 Å². The molecule has 0 radical (unpaired) electrons. The number of carboxylic acid groups (broad SMARTS) is 1. The van der Waals surface area contributed by atoms with Gasteiger partial charge in [-0.3, -0.25) is 4.79 Å². The lowest BCUT2D eigenvalue weighted by molar-refractivity contribution is -0.141. The van der Waals surface area contributed by atoms with Crippen LogP contribution in [0.2, 0.25) is 0 Å². The fraction of sp³-hybridized carbons (Fsp3) is 0.462. The molecule has 1 rings (SSSR count). The van der Waals surface area contributed by atoms with Gasteiger partial charge in [0.2, 0.25) is 10.0 Å². The Hall–Kier alpha value is -1.60. The molecule has 112 valence electrons. The monoisotopic (exact) mass is 300 g/mol. The number of carbonyl (C=O) groups is 1. The van der Waals surface area contributed by atoms with Crippen LogP contribution >= 0.6 is 0 Å². The number of aliphatic carboxylic acids is 1. The Balaban J connectivity index is 2.80. The predicted molar refractivity (Wildman–Crippen MR) is 77.2 cm³/mol. The Morgan fingerprint density at radius 3 is 2.25 bits per heavy atom. The first-order valence-corrected chi connectivity index (χ1v) is 7.85. The van der Waals surface area contributed by atoms with Crippen molar-refractivity contribution in [3.63, 3.8) is 0 Å². The third kappa shape index (κ3) is 4.21. The predicted octanol–water partition coefficient (Wildman–Crippen LogP) is 1.51. The molecular formula is C13H20N2O4S. The Bertz CT molecular complexity index is 554. The molecule has 0 aliphatic heterocycles. The van der Waals surface area contributed by atoms with Crippen molar-refractivity contribution in [3.8, 4) is 0 Å². The second-order valence-corrected chi connectivity index (χ2v) is 6.35. The highest BCUT2D eigenvalue weighted by Crippen LogP contribution is 2.16. The fourth-order valence-corrected chi connectivity index (χ4v) is 2.65. The van der Waals surface area contributed by atoms with Crippen LogP contribution in [0.15, 0.2) is 29.2 Å². The molecule has 0 aromatic heterocycles. The summed E-state index contributed by atoms with van der Waals surface area (Å²) in [6.45, 7) is 5.42. The maximum atomic E-state index is 11.8. The molecule has 0 spiro atoms. The highest BCUT2D eigenvalue weighted by Gasteiger charge is 2.19. The van der Waals surface area contributed by atoms with Gasteiger partial charge in [-0.2, -0.15) is 0 Å². The first-order chi connectivity index (χ1) is 9.27. The van der Waals surface area contributed by atoms with E-state index in [0.717, 1.165) is 0 Å². The minimum Gasteiger partial charge on any atom is -0.481 e. The summed E-state index contributed by atoms with van der Waals surface area (Å²) in [7, 11) is -3.46. The van der Waals surface area contributed by atoms with Gasteiger partial charge in [0.05, 0.1) is 10.8 Å². The summed E-state index contributed by atoms with van der Waals surface area (Å²) in [5, 5.41) is 12.0. The van der Waals surface area contributed by atoms with Gasteiger partial charge in [0, 0.05) is 18.3 Å².